The second kappa shape index (κ2) is 3.73. The molecular formula is C8H10O6. The first-order chi connectivity index (χ1) is 6.75. The highest BCUT2D eigenvalue weighted by molar-refractivity contribution is 5.63. The van der Waals surface area contributed by atoms with E-state index in [0.29, 0.717) is 19.4 Å². The molecule has 6 nitrogen and oxygen atoms in total. The van der Waals surface area contributed by atoms with Crippen molar-refractivity contribution in [3.8, 4) is 0 Å². The van der Waals surface area contributed by atoms with Crippen LogP contribution in [0.1, 0.15) is 12.8 Å². The summed E-state index contributed by atoms with van der Waals surface area (Å²) >= 11 is 0. The minimum absolute atomic E-state index is 0.136. The van der Waals surface area contributed by atoms with Crippen LogP contribution in [0.25, 0.3) is 0 Å². The van der Waals surface area contributed by atoms with Crippen molar-refractivity contribution >= 4 is 12.3 Å². The monoisotopic (exact) mass is 202 g/mol. The average molecular weight is 202 g/mol. The van der Waals surface area contributed by atoms with Crippen molar-refractivity contribution < 1.29 is 28.5 Å². The summed E-state index contributed by atoms with van der Waals surface area (Å²) in [7, 11) is 0. The van der Waals surface area contributed by atoms with E-state index in [1.807, 2.05) is 0 Å². The fourth-order valence-corrected chi connectivity index (χ4v) is 1.44. The molecule has 0 amide bonds. The van der Waals surface area contributed by atoms with Crippen LogP contribution in [-0.2, 0) is 18.9 Å². The zero-order chi connectivity index (χ0) is 9.97. The highest BCUT2D eigenvalue weighted by Crippen LogP contribution is 2.19. The maximum absolute atomic E-state index is 10.9. The zero-order valence-corrected chi connectivity index (χ0v) is 7.43. The lowest BCUT2D eigenvalue weighted by molar-refractivity contribution is -0.00821. The van der Waals surface area contributed by atoms with Gasteiger partial charge in [0.2, 0.25) is 0 Å². The lowest BCUT2D eigenvalue weighted by Gasteiger charge is -2.16. The molecule has 0 saturated carbocycles. The van der Waals surface area contributed by atoms with E-state index in [4.69, 9.17) is 9.47 Å². The van der Waals surface area contributed by atoms with Gasteiger partial charge in [-0.25, -0.2) is 9.59 Å². The molecule has 0 radical (unpaired) electrons. The Morgan fingerprint density at radius 3 is 2.43 bits per heavy atom. The topological polar surface area (TPSA) is 71.1 Å². The first kappa shape index (κ1) is 9.11. The number of ether oxygens (including phenoxy) is 4. The molecule has 0 spiro atoms. The highest BCUT2D eigenvalue weighted by atomic mass is 16.8. The van der Waals surface area contributed by atoms with E-state index in [2.05, 4.69) is 9.47 Å². The summed E-state index contributed by atoms with van der Waals surface area (Å²) in [6.45, 7) is 0.480. The molecule has 2 fully saturated rings. The van der Waals surface area contributed by atoms with Crippen LogP contribution in [0.15, 0.2) is 0 Å². The number of cyclic esters (lactones) is 4. The number of hydrogen-bond acceptors (Lipinski definition) is 6. The van der Waals surface area contributed by atoms with Crippen LogP contribution in [-0.4, -0.2) is 37.7 Å². The van der Waals surface area contributed by atoms with Crippen molar-refractivity contribution in [2.24, 2.45) is 0 Å². The molecule has 2 aliphatic heterocycles. The van der Waals surface area contributed by atoms with E-state index in [1.54, 1.807) is 0 Å². The van der Waals surface area contributed by atoms with Gasteiger partial charge in [0.1, 0.15) is 12.7 Å². The molecule has 0 N–H and O–H groups in total. The van der Waals surface area contributed by atoms with Gasteiger partial charge in [0.05, 0.1) is 6.61 Å². The van der Waals surface area contributed by atoms with Crippen molar-refractivity contribution in [3.05, 3.63) is 0 Å². The Hall–Kier alpha value is -1.46. The third kappa shape index (κ3) is 1.89. The molecule has 0 bridgehead atoms. The molecule has 0 aromatic heterocycles. The molecule has 14 heavy (non-hydrogen) atoms. The summed E-state index contributed by atoms with van der Waals surface area (Å²) in [6, 6.07) is 0. The molecule has 2 atom stereocenters. The first-order valence-corrected chi connectivity index (χ1v) is 4.42. The van der Waals surface area contributed by atoms with Gasteiger partial charge in [0, 0.05) is 0 Å². The van der Waals surface area contributed by atoms with Gasteiger partial charge in [-0.05, 0) is 12.8 Å². The Balaban J connectivity index is 1.95. The summed E-state index contributed by atoms with van der Waals surface area (Å²) in [6.07, 6.45) is -1.05. The molecule has 6 heteroatoms. The highest BCUT2D eigenvalue weighted by Gasteiger charge is 2.36. The maximum Gasteiger partial charge on any atom is 0.508 e. The molecule has 2 saturated heterocycles. The number of carbonyl (C=O) groups is 2. The Bertz CT molecular complexity index is 250. The van der Waals surface area contributed by atoms with Crippen LogP contribution in [0.5, 0.6) is 0 Å². The molecule has 2 heterocycles. The van der Waals surface area contributed by atoms with Crippen molar-refractivity contribution in [3.63, 3.8) is 0 Å². The van der Waals surface area contributed by atoms with Gasteiger partial charge in [0.25, 0.3) is 0 Å². The van der Waals surface area contributed by atoms with Crippen LogP contribution in [0.4, 0.5) is 9.59 Å². The molecule has 0 aliphatic carbocycles. The third-order valence-electron chi connectivity index (χ3n) is 2.13. The minimum atomic E-state index is -0.713. The third-order valence-corrected chi connectivity index (χ3v) is 2.13. The molecule has 78 valence electrons. The fraction of sp³-hybridized carbons (Fsp3) is 0.750. The van der Waals surface area contributed by atoms with Crippen molar-refractivity contribution in [1.82, 2.24) is 0 Å². The van der Waals surface area contributed by atoms with E-state index in [1.165, 1.54) is 0 Å². The quantitative estimate of drug-likeness (QED) is 0.586. The van der Waals surface area contributed by atoms with Crippen molar-refractivity contribution in [2.75, 3.05) is 13.2 Å². The van der Waals surface area contributed by atoms with Crippen molar-refractivity contribution in [2.45, 2.75) is 25.0 Å². The SMILES string of the molecule is O=C1OCCCC(C2COC(=O)O2)O1. The normalized spacial score (nSPS) is 32.3. The zero-order valence-electron chi connectivity index (χ0n) is 7.43. The van der Waals surface area contributed by atoms with Crippen LogP contribution in [0.2, 0.25) is 0 Å². The van der Waals surface area contributed by atoms with Gasteiger partial charge in [-0.3, -0.25) is 0 Å². The van der Waals surface area contributed by atoms with Gasteiger partial charge in [-0.1, -0.05) is 0 Å². The fourth-order valence-electron chi connectivity index (χ4n) is 1.44. The molecular weight excluding hydrogens is 192 g/mol. The average Bonchev–Trinajstić information content (AvgIpc) is 2.45. The molecule has 2 rings (SSSR count). The Morgan fingerprint density at radius 2 is 1.71 bits per heavy atom. The van der Waals surface area contributed by atoms with E-state index in [0.717, 1.165) is 0 Å². The van der Waals surface area contributed by atoms with E-state index in [9.17, 15) is 9.59 Å². The summed E-state index contributed by atoms with van der Waals surface area (Å²) in [5, 5.41) is 0. The van der Waals surface area contributed by atoms with E-state index in [-0.39, 0.29) is 6.61 Å². The smallest absolute Gasteiger partial charge is 0.434 e. The number of rotatable bonds is 1. The van der Waals surface area contributed by atoms with Crippen LogP contribution in [0.3, 0.4) is 0 Å². The van der Waals surface area contributed by atoms with Gasteiger partial charge in [-0.15, -0.1) is 0 Å². The Kier molecular flexibility index (Phi) is 2.43. The molecule has 0 aromatic rings. The predicted octanol–water partition coefficient (Wildman–Crippen LogP) is 0.837. The molecule has 2 aliphatic rings. The Morgan fingerprint density at radius 1 is 1.00 bits per heavy atom. The van der Waals surface area contributed by atoms with Gasteiger partial charge >= 0.3 is 12.3 Å². The predicted molar refractivity (Wildman–Crippen MR) is 41.7 cm³/mol. The van der Waals surface area contributed by atoms with Gasteiger partial charge < -0.3 is 18.9 Å². The second-order valence-corrected chi connectivity index (χ2v) is 3.11. The summed E-state index contributed by atoms with van der Waals surface area (Å²) in [4.78, 5) is 21.6. The lowest BCUT2D eigenvalue weighted by Crippen LogP contribution is -2.31. The van der Waals surface area contributed by atoms with Gasteiger partial charge in [0.15, 0.2) is 6.10 Å². The van der Waals surface area contributed by atoms with E-state index < -0.39 is 24.5 Å². The van der Waals surface area contributed by atoms with Crippen LogP contribution < -0.4 is 0 Å². The van der Waals surface area contributed by atoms with Crippen molar-refractivity contribution in [1.29, 1.82) is 0 Å². The largest absolute Gasteiger partial charge is 0.508 e. The lowest BCUT2D eigenvalue weighted by atomic mass is 10.1. The molecule has 2 unspecified atom stereocenters. The first-order valence-electron chi connectivity index (χ1n) is 4.42. The number of hydrogen-bond donors (Lipinski definition) is 0. The van der Waals surface area contributed by atoms with Crippen LogP contribution >= 0.6 is 0 Å². The van der Waals surface area contributed by atoms with Gasteiger partial charge in [-0.2, -0.15) is 0 Å². The summed E-state index contributed by atoms with van der Waals surface area (Å²) < 4.78 is 19.0. The maximum atomic E-state index is 10.9. The minimum Gasteiger partial charge on any atom is -0.434 e. The second-order valence-electron chi connectivity index (χ2n) is 3.11. The standard InChI is InChI=1S/C8H10O6/c9-7-11-3-1-2-5(13-7)6-4-12-8(10)14-6/h5-6H,1-4H2. The summed E-state index contributed by atoms with van der Waals surface area (Å²) in [5.41, 5.74) is 0. The van der Waals surface area contributed by atoms with Crippen LogP contribution in [0, 0.1) is 0 Å². The van der Waals surface area contributed by atoms with E-state index >= 15 is 0 Å². The molecule has 0 aromatic carbocycles. The summed E-state index contributed by atoms with van der Waals surface area (Å²) in [5.74, 6) is 0. The Labute approximate surface area is 80.1 Å². The number of carbonyl (C=O) groups excluding carboxylic acids is 2.